The monoisotopic (exact) mass is 470 g/mol. The van der Waals surface area contributed by atoms with Gasteiger partial charge in [0, 0.05) is 17.1 Å². The first-order chi connectivity index (χ1) is 18.3. The molecule has 0 N–H and O–H groups in total. The first-order valence-electron chi connectivity index (χ1n) is 12.6. The summed E-state index contributed by atoms with van der Waals surface area (Å²) in [5, 5.41) is 7.41. The standard InChI is InChI=1S/C35H22N2/c1-2-8-24-19-25(14-13-23(24)7-1)26-15-16-28-21-29(18-17-27(28)20-26)32-22-37-34-12-6-5-11-33(34)36-35(37)31-10-4-3-9-30(31)32/h1-22H. The van der Waals surface area contributed by atoms with E-state index in [1.54, 1.807) is 0 Å². The smallest absolute Gasteiger partial charge is 0.145 e. The summed E-state index contributed by atoms with van der Waals surface area (Å²) in [6.07, 6.45) is 2.25. The van der Waals surface area contributed by atoms with Gasteiger partial charge < -0.3 is 0 Å². The van der Waals surface area contributed by atoms with Crippen LogP contribution in [0.2, 0.25) is 0 Å². The van der Waals surface area contributed by atoms with E-state index in [0.29, 0.717) is 0 Å². The normalized spacial score (nSPS) is 11.8. The predicted octanol–water partition coefficient (Wildman–Crippen LogP) is 9.28. The largest absolute Gasteiger partial charge is 0.298 e. The lowest BCUT2D eigenvalue weighted by atomic mass is 9.95. The van der Waals surface area contributed by atoms with Gasteiger partial charge in [-0.1, -0.05) is 97.1 Å². The van der Waals surface area contributed by atoms with Gasteiger partial charge in [0.25, 0.3) is 0 Å². The highest BCUT2D eigenvalue weighted by Crippen LogP contribution is 2.35. The maximum absolute atomic E-state index is 4.95. The van der Waals surface area contributed by atoms with Crippen LogP contribution < -0.4 is 0 Å². The van der Waals surface area contributed by atoms with E-state index in [1.165, 1.54) is 54.6 Å². The minimum atomic E-state index is 1.00. The first kappa shape index (κ1) is 20.3. The number of hydrogen-bond donors (Lipinski definition) is 0. The van der Waals surface area contributed by atoms with Crippen molar-refractivity contribution in [2.24, 2.45) is 0 Å². The molecule has 0 fully saturated rings. The number of aromatic nitrogens is 2. The molecule has 8 aromatic rings. The van der Waals surface area contributed by atoms with Crippen molar-refractivity contribution in [1.82, 2.24) is 9.38 Å². The lowest BCUT2D eigenvalue weighted by molar-refractivity contribution is 1.25. The van der Waals surface area contributed by atoms with E-state index >= 15 is 0 Å². The van der Waals surface area contributed by atoms with Gasteiger partial charge in [-0.3, -0.25) is 4.40 Å². The van der Waals surface area contributed by atoms with Crippen molar-refractivity contribution in [3.05, 3.63) is 134 Å². The molecule has 0 unspecified atom stereocenters. The van der Waals surface area contributed by atoms with Crippen LogP contribution in [0.5, 0.6) is 0 Å². The molecular formula is C35H22N2. The summed E-state index contributed by atoms with van der Waals surface area (Å²) >= 11 is 0. The van der Waals surface area contributed by atoms with Crippen molar-refractivity contribution in [1.29, 1.82) is 0 Å². The second-order valence-corrected chi connectivity index (χ2v) is 9.72. The van der Waals surface area contributed by atoms with Crippen molar-refractivity contribution < 1.29 is 0 Å². The van der Waals surface area contributed by atoms with Gasteiger partial charge in [0.05, 0.1) is 11.0 Å². The third-order valence-corrected chi connectivity index (χ3v) is 7.55. The quantitative estimate of drug-likeness (QED) is 0.246. The van der Waals surface area contributed by atoms with Crippen LogP contribution in [0.4, 0.5) is 0 Å². The summed E-state index contributed by atoms with van der Waals surface area (Å²) in [6, 6.07) is 45.8. The third-order valence-electron chi connectivity index (χ3n) is 7.55. The van der Waals surface area contributed by atoms with E-state index in [0.717, 1.165) is 16.7 Å². The molecular weight excluding hydrogens is 448 g/mol. The fraction of sp³-hybridized carbons (Fsp3) is 0. The van der Waals surface area contributed by atoms with Gasteiger partial charge in [0.1, 0.15) is 5.65 Å². The molecule has 0 aliphatic rings. The molecule has 0 aliphatic carbocycles. The molecule has 2 heteroatoms. The van der Waals surface area contributed by atoms with E-state index in [2.05, 4.69) is 132 Å². The number of nitrogens with zero attached hydrogens (tertiary/aromatic N) is 2. The number of imidazole rings is 1. The Kier molecular flexibility index (Phi) is 4.26. The zero-order valence-electron chi connectivity index (χ0n) is 20.1. The van der Waals surface area contributed by atoms with Crippen molar-refractivity contribution in [2.75, 3.05) is 0 Å². The fourth-order valence-corrected chi connectivity index (χ4v) is 5.67. The number of pyridine rings is 1. The minimum absolute atomic E-state index is 1.00. The molecule has 0 radical (unpaired) electrons. The van der Waals surface area contributed by atoms with Crippen LogP contribution in [-0.2, 0) is 0 Å². The van der Waals surface area contributed by atoms with Crippen LogP contribution in [-0.4, -0.2) is 9.38 Å². The molecule has 0 atom stereocenters. The lowest BCUT2D eigenvalue weighted by Gasteiger charge is -2.11. The fourth-order valence-electron chi connectivity index (χ4n) is 5.67. The number of fused-ring (bicyclic) bond motifs is 7. The van der Waals surface area contributed by atoms with Gasteiger partial charge in [-0.05, 0) is 74.0 Å². The van der Waals surface area contributed by atoms with E-state index in [-0.39, 0.29) is 0 Å². The van der Waals surface area contributed by atoms with Crippen molar-refractivity contribution >= 4 is 49.0 Å². The van der Waals surface area contributed by atoms with Gasteiger partial charge in [-0.25, -0.2) is 4.98 Å². The van der Waals surface area contributed by atoms with Crippen LogP contribution in [0.25, 0.3) is 71.3 Å². The Bertz CT molecular complexity index is 2150. The molecule has 37 heavy (non-hydrogen) atoms. The second kappa shape index (κ2) is 7.78. The Labute approximate surface area is 214 Å². The van der Waals surface area contributed by atoms with Crippen LogP contribution in [0.15, 0.2) is 134 Å². The van der Waals surface area contributed by atoms with Crippen LogP contribution in [0.1, 0.15) is 0 Å². The first-order valence-corrected chi connectivity index (χ1v) is 12.6. The molecule has 0 saturated carbocycles. The van der Waals surface area contributed by atoms with Gasteiger partial charge >= 0.3 is 0 Å². The number of hydrogen-bond acceptors (Lipinski definition) is 1. The molecule has 0 aliphatic heterocycles. The molecule has 6 aromatic carbocycles. The van der Waals surface area contributed by atoms with Gasteiger partial charge in [-0.2, -0.15) is 0 Å². The molecule has 2 nitrogen and oxygen atoms in total. The number of benzene rings is 6. The van der Waals surface area contributed by atoms with Crippen LogP contribution >= 0.6 is 0 Å². The highest BCUT2D eigenvalue weighted by Gasteiger charge is 2.13. The summed E-state index contributed by atoms with van der Waals surface area (Å²) in [7, 11) is 0. The van der Waals surface area contributed by atoms with E-state index in [9.17, 15) is 0 Å². The van der Waals surface area contributed by atoms with Gasteiger partial charge in [0.15, 0.2) is 0 Å². The van der Waals surface area contributed by atoms with Crippen molar-refractivity contribution in [3.8, 4) is 22.3 Å². The molecule has 8 rings (SSSR count). The topological polar surface area (TPSA) is 17.3 Å². The number of para-hydroxylation sites is 2. The summed E-state index contributed by atoms with van der Waals surface area (Å²) in [4.78, 5) is 4.95. The predicted molar refractivity (Wildman–Crippen MR) is 156 cm³/mol. The molecule has 0 spiro atoms. The van der Waals surface area contributed by atoms with Crippen LogP contribution in [0, 0.1) is 0 Å². The Balaban J connectivity index is 1.30. The highest BCUT2D eigenvalue weighted by atomic mass is 15.0. The zero-order chi connectivity index (χ0) is 24.3. The average molecular weight is 471 g/mol. The molecule has 2 aromatic heterocycles. The Morgan fingerprint density at radius 2 is 1.03 bits per heavy atom. The lowest BCUT2D eigenvalue weighted by Crippen LogP contribution is -1.91. The molecule has 0 amide bonds. The summed E-state index contributed by atoms with van der Waals surface area (Å²) in [5.74, 6) is 0. The summed E-state index contributed by atoms with van der Waals surface area (Å²) in [6.45, 7) is 0. The second-order valence-electron chi connectivity index (χ2n) is 9.72. The highest BCUT2D eigenvalue weighted by molar-refractivity contribution is 6.06. The maximum Gasteiger partial charge on any atom is 0.145 e. The number of rotatable bonds is 2. The van der Waals surface area contributed by atoms with Gasteiger partial charge in [0.2, 0.25) is 0 Å². The Morgan fingerprint density at radius 1 is 0.459 bits per heavy atom. The van der Waals surface area contributed by atoms with E-state index < -0.39 is 0 Å². The van der Waals surface area contributed by atoms with Gasteiger partial charge in [-0.15, -0.1) is 0 Å². The van der Waals surface area contributed by atoms with Crippen molar-refractivity contribution in [2.45, 2.75) is 0 Å². The Morgan fingerprint density at radius 3 is 1.84 bits per heavy atom. The Hall–Kier alpha value is -4.95. The molecule has 0 saturated heterocycles. The maximum atomic E-state index is 4.95. The molecule has 2 heterocycles. The summed E-state index contributed by atoms with van der Waals surface area (Å²) < 4.78 is 2.24. The van der Waals surface area contributed by atoms with E-state index in [4.69, 9.17) is 4.98 Å². The summed E-state index contributed by atoms with van der Waals surface area (Å²) in [5.41, 5.74) is 8.06. The van der Waals surface area contributed by atoms with E-state index in [1.807, 2.05) is 6.07 Å². The van der Waals surface area contributed by atoms with Crippen molar-refractivity contribution in [3.63, 3.8) is 0 Å². The molecule has 172 valence electrons. The third kappa shape index (κ3) is 3.16. The average Bonchev–Trinajstić information content (AvgIpc) is 3.35. The zero-order valence-corrected chi connectivity index (χ0v) is 20.1. The van der Waals surface area contributed by atoms with Crippen LogP contribution in [0.3, 0.4) is 0 Å². The SMILES string of the molecule is c1ccc2cc(-c3ccc4cc(-c5cn6c7ccccc7nc6c6ccccc56)ccc4c3)ccc2c1. The minimum Gasteiger partial charge on any atom is -0.298 e. The molecule has 0 bridgehead atoms.